The number of hydrogen-bond donors (Lipinski definition) is 1. The van der Waals surface area contributed by atoms with Gasteiger partial charge in [0.2, 0.25) is 0 Å². The second-order valence-corrected chi connectivity index (χ2v) is 5.47. The van der Waals surface area contributed by atoms with E-state index in [9.17, 15) is 0 Å². The zero-order valence-electron chi connectivity index (χ0n) is 9.90. The fraction of sp³-hybridized carbons (Fsp3) is 0. The lowest BCUT2D eigenvalue weighted by Crippen LogP contribution is -1.76. The lowest BCUT2D eigenvalue weighted by Gasteiger charge is -1.96. The molecule has 3 rings (SSSR count). The van der Waals surface area contributed by atoms with E-state index in [1.165, 1.54) is 0 Å². The smallest absolute Gasteiger partial charge is 0.137 e. The van der Waals surface area contributed by atoms with Crippen molar-refractivity contribution in [1.82, 2.24) is 9.97 Å². The Labute approximate surface area is 124 Å². The largest absolute Gasteiger partial charge is 0.346 e. The molecule has 1 aromatic carbocycles. The Bertz CT molecular complexity index is 762. The maximum atomic E-state index is 6.13. The Balaban J connectivity index is 2.02. The van der Waals surface area contributed by atoms with Crippen LogP contribution >= 0.6 is 27.5 Å². The van der Waals surface area contributed by atoms with Gasteiger partial charge in [-0.05, 0) is 33.6 Å². The standard InChI is InChI=1S/C15H10BrClN2/c16-12-7-13-11(8-18-15(13)19-9-12)6-5-10-3-1-2-4-14(10)17/h1-9H,(H,18,19)/b6-5-. The zero-order valence-corrected chi connectivity index (χ0v) is 12.2. The van der Waals surface area contributed by atoms with Crippen LogP contribution in [-0.4, -0.2) is 9.97 Å². The van der Waals surface area contributed by atoms with Crippen molar-refractivity contribution in [1.29, 1.82) is 0 Å². The van der Waals surface area contributed by atoms with Crippen molar-refractivity contribution in [2.24, 2.45) is 0 Å². The summed E-state index contributed by atoms with van der Waals surface area (Å²) >= 11 is 9.57. The number of pyridine rings is 1. The first-order valence-corrected chi connectivity index (χ1v) is 6.96. The highest BCUT2D eigenvalue weighted by Crippen LogP contribution is 2.23. The molecule has 94 valence electrons. The number of benzene rings is 1. The van der Waals surface area contributed by atoms with Crippen LogP contribution in [0.2, 0.25) is 5.02 Å². The summed E-state index contributed by atoms with van der Waals surface area (Å²) in [7, 11) is 0. The molecule has 0 aliphatic carbocycles. The maximum Gasteiger partial charge on any atom is 0.137 e. The van der Waals surface area contributed by atoms with Gasteiger partial charge >= 0.3 is 0 Å². The summed E-state index contributed by atoms with van der Waals surface area (Å²) in [5, 5.41) is 1.83. The lowest BCUT2D eigenvalue weighted by molar-refractivity contribution is 1.31. The average molecular weight is 334 g/mol. The van der Waals surface area contributed by atoms with Crippen LogP contribution in [0.5, 0.6) is 0 Å². The summed E-state index contributed by atoms with van der Waals surface area (Å²) < 4.78 is 0.965. The number of fused-ring (bicyclic) bond motifs is 1. The van der Waals surface area contributed by atoms with Gasteiger partial charge in [-0.1, -0.05) is 42.0 Å². The normalized spacial score (nSPS) is 11.5. The lowest BCUT2D eigenvalue weighted by atomic mass is 10.1. The van der Waals surface area contributed by atoms with Crippen LogP contribution in [0.25, 0.3) is 23.2 Å². The summed E-state index contributed by atoms with van der Waals surface area (Å²) in [6.45, 7) is 0. The van der Waals surface area contributed by atoms with E-state index in [1.807, 2.05) is 48.7 Å². The van der Waals surface area contributed by atoms with Crippen LogP contribution in [0.4, 0.5) is 0 Å². The third kappa shape index (κ3) is 2.57. The minimum atomic E-state index is 0.748. The Kier molecular flexibility index (Phi) is 3.40. The van der Waals surface area contributed by atoms with Crippen LogP contribution in [0.3, 0.4) is 0 Å². The first-order valence-electron chi connectivity index (χ1n) is 5.79. The van der Waals surface area contributed by atoms with Crippen molar-refractivity contribution in [2.75, 3.05) is 0 Å². The van der Waals surface area contributed by atoms with Crippen molar-refractivity contribution < 1.29 is 0 Å². The quantitative estimate of drug-likeness (QED) is 0.690. The Morgan fingerprint density at radius 2 is 1.95 bits per heavy atom. The third-order valence-electron chi connectivity index (χ3n) is 2.88. The fourth-order valence-electron chi connectivity index (χ4n) is 1.93. The van der Waals surface area contributed by atoms with Crippen LogP contribution in [0, 0.1) is 0 Å². The Morgan fingerprint density at radius 3 is 2.79 bits per heavy atom. The van der Waals surface area contributed by atoms with Crippen molar-refractivity contribution >= 4 is 50.7 Å². The summed E-state index contributed by atoms with van der Waals surface area (Å²) in [4.78, 5) is 7.46. The molecule has 4 heteroatoms. The number of hydrogen-bond acceptors (Lipinski definition) is 1. The molecule has 0 aliphatic heterocycles. The second-order valence-electron chi connectivity index (χ2n) is 4.15. The predicted octanol–water partition coefficient (Wildman–Crippen LogP) is 5.15. The molecule has 0 unspecified atom stereocenters. The van der Waals surface area contributed by atoms with Crippen molar-refractivity contribution in [2.45, 2.75) is 0 Å². The molecule has 0 saturated heterocycles. The zero-order chi connectivity index (χ0) is 13.2. The highest BCUT2D eigenvalue weighted by Gasteiger charge is 2.02. The van der Waals surface area contributed by atoms with Gasteiger partial charge < -0.3 is 4.98 Å². The van der Waals surface area contributed by atoms with E-state index < -0.39 is 0 Å². The van der Waals surface area contributed by atoms with Gasteiger partial charge in [0.15, 0.2) is 0 Å². The minimum Gasteiger partial charge on any atom is -0.346 e. The first kappa shape index (κ1) is 12.5. The molecule has 0 aliphatic rings. The van der Waals surface area contributed by atoms with E-state index in [0.717, 1.165) is 31.7 Å². The molecule has 19 heavy (non-hydrogen) atoms. The minimum absolute atomic E-state index is 0.748. The number of halogens is 2. The molecule has 0 atom stereocenters. The van der Waals surface area contributed by atoms with Crippen molar-refractivity contribution in [3.63, 3.8) is 0 Å². The van der Waals surface area contributed by atoms with E-state index in [1.54, 1.807) is 6.20 Å². The maximum absolute atomic E-state index is 6.13. The summed E-state index contributed by atoms with van der Waals surface area (Å²) in [6.07, 6.45) is 7.76. The molecule has 0 saturated carbocycles. The molecule has 0 fully saturated rings. The van der Waals surface area contributed by atoms with Gasteiger partial charge in [-0.25, -0.2) is 4.98 Å². The van der Waals surface area contributed by atoms with E-state index in [2.05, 4.69) is 25.9 Å². The van der Waals surface area contributed by atoms with Crippen molar-refractivity contribution in [3.05, 3.63) is 63.3 Å². The number of nitrogens with one attached hydrogen (secondary N) is 1. The monoisotopic (exact) mass is 332 g/mol. The van der Waals surface area contributed by atoms with Gasteiger partial charge in [0.25, 0.3) is 0 Å². The van der Waals surface area contributed by atoms with E-state index in [0.29, 0.717) is 0 Å². The van der Waals surface area contributed by atoms with Gasteiger partial charge in [-0.3, -0.25) is 0 Å². The SMILES string of the molecule is Clc1ccccc1/C=C\c1c[nH]c2ncc(Br)cc12. The number of aromatic nitrogens is 2. The molecule has 1 N–H and O–H groups in total. The highest BCUT2D eigenvalue weighted by atomic mass is 79.9. The van der Waals surface area contributed by atoms with Gasteiger partial charge in [-0.2, -0.15) is 0 Å². The van der Waals surface area contributed by atoms with Crippen molar-refractivity contribution in [3.8, 4) is 0 Å². The van der Waals surface area contributed by atoms with E-state index in [4.69, 9.17) is 11.6 Å². The second kappa shape index (κ2) is 5.19. The predicted molar refractivity (Wildman–Crippen MR) is 84.2 cm³/mol. The number of nitrogens with zero attached hydrogens (tertiary/aromatic N) is 1. The van der Waals surface area contributed by atoms with Gasteiger partial charge in [-0.15, -0.1) is 0 Å². The van der Waals surface area contributed by atoms with Crippen LogP contribution in [-0.2, 0) is 0 Å². The average Bonchev–Trinajstić information content (AvgIpc) is 2.80. The molecule has 0 radical (unpaired) electrons. The Hall–Kier alpha value is -1.58. The summed E-state index contributed by atoms with van der Waals surface area (Å²) in [5.74, 6) is 0. The van der Waals surface area contributed by atoms with E-state index in [-0.39, 0.29) is 0 Å². The van der Waals surface area contributed by atoms with Crippen LogP contribution in [0.1, 0.15) is 11.1 Å². The summed E-state index contributed by atoms with van der Waals surface area (Å²) in [6, 6.07) is 9.81. The molecule has 2 aromatic heterocycles. The molecule has 2 nitrogen and oxygen atoms in total. The molecule has 3 aromatic rings. The summed E-state index contributed by atoms with van der Waals surface area (Å²) in [5.41, 5.74) is 2.97. The van der Waals surface area contributed by atoms with Gasteiger partial charge in [0.1, 0.15) is 5.65 Å². The van der Waals surface area contributed by atoms with Gasteiger partial charge in [0, 0.05) is 32.8 Å². The first-order chi connectivity index (χ1) is 9.24. The molecule has 0 amide bonds. The Morgan fingerprint density at radius 1 is 1.16 bits per heavy atom. The molecular formula is C15H10BrClN2. The highest BCUT2D eigenvalue weighted by molar-refractivity contribution is 9.10. The number of rotatable bonds is 2. The van der Waals surface area contributed by atoms with Crippen LogP contribution < -0.4 is 0 Å². The molecule has 0 spiro atoms. The van der Waals surface area contributed by atoms with E-state index >= 15 is 0 Å². The van der Waals surface area contributed by atoms with Gasteiger partial charge in [0.05, 0.1) is 0 Å². The van der Waals surface area contributed by atoms with Crippen LogP contribution in [0.15, 0.2) is 47.2 Å². The fourth-order valence-corrected chi connectivity index (χ4v) is 2.46. The third-order valence-corrected chi connectivity index (χ3v) is 3.66. The topological polar surface area (TPSA) is 28.7 Å². The number of H-pyrrole nitrogens is 1. The molecule has 2 heterocycles. The number of aromatic amines is 1. The molecule has 0 bridgehead atoms. The molecular weight excluding hydrogens is 324 g/mol.